The van der Waals surface area contributed by atoms with E-state index in [1.54, 1.807) is 12.1 Å². The Balaban J connectivity index is 1.50. The first-order valence-corrected chi connectivity index (χ1v) is 11.0. The zero-order valence-corrected chi connectivity index (χ0v) is 18.2. The van der Waals surface area contributed by atoms with Crippen molar-refractivity contribution in [3.8, 4) is 22.6 Å². The normalized spacial score (nSPS) is 20.2. The summed E-state index contributed by atoms with van der Waals surface area (Å²) < 4.78 is 35.9. The summed E-state index contributed by atoms with van der Waals surface area (Å²) in [6.45, 7) is 1.23. The van der Waals surface area contributed by atoms with E-state index >= 15 is 4.39 Å². The Morgan fingerprint density at radius 2 is 2.03 bits per heavy atom. The second kappa shape index (κ2) is 8.22. The van der Waals surface area contributed by atoms with Crippen molar-refractivity contribution < 1.29 is 18.3 Å². The van der Waals surface area contributed by atoms with Gasteiger partial charge in [-0.1, -0.05) is 6.07 Å². The largest absolute Gasteiger partial charge is 0.497 e. The molecule has 2 heterocycles. The van der Waals surface area contributed by atoms with Crippen LogP contribution >= 0.6 is 0 Å². The highest BCUT2D eigenvalue weighted by molar-refractivity contribution is 5.89. The maximum Gasteiger partial charge on any atom is 0.348 e. The van der Waals surface area contributed by atoms with Gasteiger partial charge in [0.2, 0.25) is 0 Å². The molecule has 33 heavy (non-hydrogen) atoms. The minimum atomic E-state index is -0.695. The number of hydrogen-bond donors (Lipinski definition) is 2. The van der Waals surface area contributed by atoms with Gasteiger partial charge in [0.25, 0.3) is 0 Å². The Hall–Kier alpha value is -3.33. The van der Waals surface area contributed by atoms with Gasteiger partial charge >= 0.3 is 5.69 Å². The highest BCUT2D eigenvalue weighted by atomic mass is 19.1. The third-order valence-electron chi connectivity index (χ3n) is 6.63. The molecule has 1 aromatic heterocycles. The van der Waals surface area contributed by atoms with E-state index in [2.05, 4.69) is 15.5 Å². The maximum absolute atomic E-state index is 15.2. The molecule has 1 aliphatic carbocycles. The number of hydrogen-bond acceptors (Lipinski definition) is 5. The van der Waals surface area contributed by atoms with Crippen molar-refractivity contribution in [1.82, 2.24) is 20.1 Å². The molecule has 2 aliphatic rings. The lowest BCUT2D eigenvalue weighted by Gasteiger charge is -2.26. The third-order valence-corrected chi connectivity index (χ3v) is 6.63. The average molecular weight is 454 g/mol. The molecule has 1 saturated heterocycles. The van der Waals surface area contributed by atoms with E-state index in [4.69, 9.17) is 4.74 Å². The molecule has 9 heteroatoms. The van der Waals surface area contributed by atoms with Gasteiger partial charge in [-0.2, -0.15) is 5.10 Å². The number of Topliss-reactive ketones (excluding diaryl/α,β-unsaturated/α-hetero) is 1. The summed E-state index contributed by atoms with van der Waals surface area (Å²) in [5.74, 6) is -0.310. The van der Waals surface area contributed by atoms with Crippen molar-refractivity contribution in [3.63, 3.8) is 0 Å². The molecule has 172 valence electrons. The quantitative estimate of drug-likeness (QED) is 0.573. The number of aromatic nitrogens is 3. The lowest BCUT2D eigenvalue weighted by molar-refractivity contribution is -0.129. The summed E-state index contributed by atoms with van der Waals surface area (Å²) in [6.07, 6.45) is 2.68. The first-order chi connectivity index (χ1) is 15.9. The topological polar surface area (TPSA) is 89.0 Å². The second-order valence-electron chi connectivity index (χ2n) is 8.81. The van der Waals surface area contributed by atoms with Gasteiger partial charge in [-0.3, -0.25) is 4.79 Å². The summed E-state index contributed by atoms with van der Waals surface area (Å²) in [5, 5.41) is 9.76. The molecule has 7 nitrogen and oxygen atoms in total. The van der Waals surface area contributed by atoms with Gasteiger partial charge in [0.15, 0.2) is 0 Å². The molecule has 0 bridgehead atoms. The van der Waals surface area contributed by atoms with Crippen molar-refractivity contribution >= 4 is 5.78 Å². The molecule has 2 aromatic carbocycles. The summed E-state index contributed by atoms with van der Waals surface area (Å²) in [5.41, 5.74) is -0.691. The van der Waals surface area contributed by atoms with Gasteiger partial charge in [0, 0.05) is 35.9 Å². The molecular weight excluding hydrogens is 430 g/mol. The van der Waals surface area contributed by atoms with Crippen molar-refractivity contribution in [2.24, 2.45) is 11.3 Å². The van der Waals surface area contributed by atoms with Crippen LogP contribution in [0.1, 0.15) is 25.1 Å². The van der Waals surface area contributed by atoms with Crippen molar-refractivity contribution in [2.45, 2.75) is 25.7 Å². The van der Waals surface area contributed by atoms with Gasteiger partial charge in [0.1, 0.15) is 29.0 Å². The van der Waals surface area contributed by atoms with E-state index in [0.717, 1.165) is 12.8 Å². The molecule has 2 N–H and O–H groups in total. The van der Waals surface area contributed by atoms with Gasteiger partial charge in [-0.05, 0) is 55.6 Å². The van der Waals surface area contributed by atoms with Gasteiger partial charge in [-0.15, -0.1) is 0 Å². The van der Waals surface area contributed by atoms with Crippen LogP contribution in [-0.4, -0.2) is 40.7 Å². The van der Waals surface area contributed by atoms with Crippen molar-refractivity contribution in [2.75, 3.05) is 20.2 Å². The number of rotatable bonds is 7. The predicted molar refractivity (Wildman–Crippen MR) is 117 cm³/mol. The molecule has 1 atom stereocenters. The van der Waals surface area contributed by atoms with Gasteiger partial charge in [0.05, 0.1) is 12.8 Å². The number of carbonyl (C=O) groups is 1. The maximum atomic E-state index is 15.2. The van der Waals surface area contributed by atoms with E-state index in [0.29, 0.717) is 36.6 Å². The van der Waals surface area contributed by atoms with E-state index in [1.165, 1.54) is 35.9 Å². The lowest BCUT2D eigenvalue weighted by atomic mass is 9.77. The summed E-state index contributed by atoms with van der Waals surface area (Å²) in [7, 11) is 1.44. The van der Waals surface area contributed by atoms with Crippen LogP contribution in [-0.2, 0) is 11.2 Å². The zero-order valence-electron chi connectivity index (χ0n) is 18.2. The van der Waals surface area contributed by atoms with Crippen LogP contribution in [0.5, 0.6) is 5.75 Å². The molecular formula is C24H24F2N4O3. The molecule has 0 spiro atoms. The summed E-state index contributed by atoms with van der Waals surface area (Å²) >= 11 is 0. The fourth-order valence-electron chi connectivity index (χ4n) is 4.68. The number of benzene rings is 2. The number of H-pyrrole nitrogens is 1. The van der Waals surface area contributed by atoms with Crippen molar-refractivity contribution in [3.05, 3.63) is 64.3 Å². The molecule has 0 amide bonds. The number of halogens is 2. The molecule has 5 rings (SSSR count). The molecule has 0 radical (unpaired) electrons. The minimum Gasteiger partial charge on any atom is -0.497 e. The first kappa shape index (κ1) is 21.5. The Morgan fingerprint density at radius 1 is 1.21 bits per heavy atom. The molecule has 2 fully saturated rings. The number of carbonyl (C=O) groups excluding carboxylic acids is 1. The fourth-order valence-corrected chi connectivity index (χ4v) is 4.68. The van der Waals surface area contributed by atoms with Crippen LogP contribution in [0, 0.1) is 23.0 Å². The third kappa shape index (κ3) is 3.86. The van der Waals surface area contributed by atoms with E-state index < -0.39 is 22.7 Å². The Labute approximate surface area is 188 Å². The SMILES string of the molecule is COc1ccc(-c2ccc(-n3c(C[C@@]4(C(=O)C5CC5)CCNC4)n[nH]c3=O)c(F)c2)c(F)c1. The molecule has 1 saturated carbocycles. The van der Waals surface area contributed by atoms with E-state index in [-0.39, 0.29) is 29.4 Å². The van der Waals surface area contributed by atoms with Crippen LogP contribution in [0.15, 0.2) is 41.2 Å². The monoisotopic (exact) mass is 454 g/mol. The summed E-state index contributed by atoms with van der Waals surface area (Å²) in [6, 6.07) is 8.50. The first-order valence-electron chi connectivity index (χ1n) is 11.0. The van der Waals surface area contributed by atoms with Crippen LogP contribution in [0.4, 0.5) is 8.78 Å². The number of ether oxygens (including phenoxy) is 1. The van der Waals surface area contributed by atoms with Crippen LogP contribution < -0.4 is 15.7 Å². The number of methoxy groups -OCH3 is 1. The van der Waals surface area contributed by atoms with Crippen LogP contribution in [0.2, 0.25) is 0 Å². The van der Waals surface area contributed by atoms with E-state index in [1.807, 2.05) is 0 Å². The lowest BCUT2D eigenvalue weighted by Crippen LogP contribution is -2.38. The van der Waals surface area contributed by atoms with Gasteiger partial charge in [-0.25, -0.2) is 23.2 Å². The molecule has 3 aromatic rings. The number of ketones is 1. The molecule has 1 aliphatic heterocycles. The van der Waals surface area contributed by atoms with Gasteiger partial charge < -0.3 is 10.1 Å². The highest BCUT2D eigenvalue weighted by Gasteiger charge is 2.48. The Morgan fingerprint density at radius 3 is 2.67 bits per heavy atom. The van der Waals surface area contributed by atoms with Crippen LogP contribution in [0.25, 0.3) is 16.8 Å². The Bertz CT molecular complexity index is 1270. The zero-order chi connectivity index (χ0) is 23.2. The number of nitrogens with zero attached hydrogens (tertiary/aromatic N) is 2. The second-order valence-corrected chi connectivity index (χ2v) is 8.81. The number of aromatic amines is 1. The summed E-state index contributed by atoms with van der Waals surface area (Å²) in [4.78, 5) is 25.6. The van der Waals surface area contributed by atoms with Crippen LogP contribution in [0.3, 0.4) is 0 Å². The predicted octanol–water partition coefficient (Wildman–Crippen LogP) is 3.02. The Kier molecular flexibility index (Phi) is 5.36. The van der Waals surface area contributed by atoms with E-state index in [9.17, 15) is 14.0 Å². The highest BCUT2D eigenvalue weighted by Crippen LogP contribution is 2.42. The standard InChI is InChI=1S/C24H24F2N4O3/c1-33-16-5-6-17(18(25)11-16)15-4-7-20(19(26)10-15)30-21(28-29-23(30)32)12-24(8-9-27-13-24)22(31)14-2-3-14/h4-7,10-11,14,27H,2-3,8-9,12-13H2,1H3,(H,29,32)/t24-/m0/s1. The number of nitrogens with one attached hydrogen (secondary N) is 2. The molecule has 0 unspecified atom stereocenters. The van der Waals surface area contributed by atoms with Crippen molar-refractivity contribution in [1.29, 1.82) is 0 Å². The average Bonchev–Trinajstić information content (AvgIpc) is 3.45. The smallest absolute Gasteiger partial charge is 0.348 e. The minimum absolute atomic E-state index is 0.00129. The fraction of sp³-hybridized carbons (Fsp3) is 0.375.